The predicted octanol–water partition coefficient (Wildman–Crippen LogP) is 4.07. The van der Waals surface area contributed by atoms with E-state index in [0.717, 1.165) is 16.5 Å². The van der Waals surface area contributed by atoms with Gasteiger partial charge in [0.1, 0.15) is 5.82 Å². The third kappa shape index (κ3) is 3.04. The Morgan fingerprint density at radius 3 is 2.67 bits per heavy atom. The molecule has 1 atom stereocenters. The molecule has 0 bridgehead atoms. The molecule has 1 aromatic rings. The summed E-state index contributed by atoms with van der Waals surface area (Å²) in [5, 5.41) is 9.05. The largest absolute Gasteiger partial charge is 0.207 e. The molecule has 0 aliphatic carbocycles. The fraction of sp³-hybridized carbons (Fsp3) is 0.417. The number of benzene rings is 1. The Labute approximate surface area is 98.0 Å². The lowest BCUT2D eigenvalue weighted by Gasteiger charge is -2.19. The molecule has 0 fully saturated rings. The summed E-state index contributed by atoms with van der Waals surface area (Å²) >= 11 is 3.31. The van der Waals surface area contributed by atoms with Crippen LogP contribution in [0.15, 0.2) is 22.7 Å². The molecule has 0 saturated heterocycles. The number of halogens is 2. The summed E-state index contributed by atoms with van der Waals surface area (Å²) in [4.78, 5) is 0. The van der Waals surface area contributed by atoms with Crippen molar-refractivity contribution in [1.82, 2.24) is 0 Å². The quantitative estimate of drug-likeness (QED) is 0.812. The zero-order valence-electron chi connectivity index (χ0n) is 8.85. The van der Waals surface area contributed by atoms with Crippen LogP contribution in [-0.4, -0.2) is 0 Å². The minimum atomic E-state index is -0.375. The van der Waals surface area contributed by atoms with Crippen LogP contribution in [-0.2, 0) is 6.42 Å². The molecule has 0 aliphatic rings. The van der Waals surface area contributed by atoms with E-state index >= 15 is 0 Å². The van der Waals surface area contributed by atoms with Gasteiger partial charge in [-0.15, -0.1) is 0 Å². The van der Waals surface area contributed by atoms with Crippen molar-refractivity contribution in [3.63, 3.8) is 0 Å². The van der Waals surface area contributed by atoms with Crippen LogP contribution >= 0.6 is 15.9 Å². The average molecular weight is 270 g/mol. The zero-order valence-corrected chi connectivity index (χ0v) is 10.4. The Balaban J connectivity index is 2.95. The zero-order chi connectivity index (χ0) is 11.5. The first kappa shape index (κ1) is 12.2. The van der Waals surface area contributed by atoms with Crippen LogP contribution in [0.2, 0.25) is 0 Å². The average Bonchev–Trinajstić information content (AvgIpc) is 2.22. The highest BCUT2D eigenvalue weighted by Gasteiger charge is 2.22. The van der Waals surface area contributed by atoms with E-state index in [1.54, 1.807) is 6.07 Å². The van der Waals surface area contributed by atoms with Gasteiger partial charge in [0.15, 0.2) is 0 Å². The lowest BCUT2D eigenvalue weighted by atomic mass is 9.83. The Morgan fingerprint density at radius 2 is 2.20 bits per heavy atom. The van der Waals surface area contributed by atoms with Gasteiger partial charge in [0, 0.05) is 4.47 Å². The smallest absolute Gasteiger partial charge is 0.124 e. The Hall–Kier alpha value is -0.880. The maximum absolute atomic E-state index is 12.8. The van der Waals surface area contributed by atoms with Crippen molar-refractivity contribution in [2.45, 2.75) is 26.7 Å². The first-order valence-corrected chi connectivity index (χ1v) is 5.65. The van der Waals surface area contributed by atoms with Crippen molar-refractivity contribution >= 4 is 15.9 Å². The van der Waals surface area contributed by atoms with Gasteiger partial charge in [0.25, 0.3) is 0 Å². The molecule has 0 heterocycles. The fourth-order valence-electron chi connectivity index (χ4n) is 1.33. The Morgan fingerprint density at radius 1 is 1.53 bits per heavy atom. The Bertz CT molecular complexity index is 397. The normalized spacial score (nSPS) is 14.3. The van der Waals surface area contributed by atoms with E-state index in [1.807, 2.05) is 13.8 Å². The minimum absolute atomic E-state index is 0.263. The maximum Gasteiger partial charge on any atom is 0.124 e. The molecule has 0 aliphatic heterocycles. The summed E-state index contributed by atoms with van der Waals surface area (Å²) in [7, 11) is 0. The molecule has 3 heteroatoms. The number of hydrogen-bond acceptors (Lipinski definition) is 1. The lowest BCUT2D eigenvalue weighted by Crippen LogP contribution is -2.16. The summed E-state index contributed by atoms with van der Waals surface area (Å²) in [6.45, 7) is 3.91. The summed E-state index contributed by atoms with van der Waals surface area (Å²) in [6.07, 6.45) is 1.42. The molecule has 0 N–H and O–H groups in total. The lowest BCUT2D eigenvalue weighted by molar-refractivity contribution is 0.422. The number of rotatable bonds is 3. The monoisotopic (exact) mass is 269 g/mol. The second kappa shape index (κ2) is 4.76. The molecule has 0 saturated carbocycles. The van der Waals surface area contributed by atoms with Crippen LogP contribution in [0, 0.1) is 22.6 Å². The van der Waals surface area contributed by atoms with E-state index in [0.29, 0.717) is 6.42 Å². The highest BCUT2D eigenvalue weighted by atomic mass is 79.9. The van der Waals surface area contributed by atoms with Gasteiger partial charge >= 0.3 is 0 Å². The van der Waals surface area contributed by atoms with Crippen molar-refractivity contribution in [3.05, 3.63) is 34.1 Å². The van der Waals surface area contributed by atoms with E-state index in [9.17, 15) is 4.39 Å². The SMILES string of the molecule is CCC(C)(C#N)Cc1ccc(F)cc1Br. The van der Waals surface area contributed by atoms with Gasteiger partial charge in [0.05, 0.1) is 11.5 Å². The molecule has 1 aromatic carbocycles. The van der Waals surface area contributed by atoms with E-state index in [-0.39, 0.29) is 11.2 Å². The van der Waals surface area contributed by atoms with Crippen molar-refractivity contribution in [3.8, 4) is 6.07 Å². The van der Waals surface area contributed by atoms with Crippen LogP contribution in [0.1, 0.15) is 25.8 Å². The molecular weight excluding hydrogens is 257 g/mol. The molecule has 1 nitrogen and oxygen atoms in total. The molecule has 1 unspecified atom stereocenters. The van der Waals surface area contributed by atoms with Crippen molar-refractivity contribution in [1.29, 1.82) is 5.26 Å². The van der Waals surface area contributed by atoms with Gasteiger partial charge in [0.2, 0.25) is 0 Å². The van der Waals surface area contributed by atoms with Crippen LogP contribution in [0.25, 0.3) is 0 Å². The van der Waals surface area contributed by atoms with Gasteiger partial charge in [-0.3, -0.25) is 0 Å². The van der Waals surface area contributed by atoms with Gasteiger partial charge in [-0.2, -0.15) is 5.26 Å². The molecule has 0 amide bonds. The Kier molecular flexibility index (Phi) is 3.87. The molecule has 0 spiro atoms. The van der Waals surface area contributed by atoms with Crippen molar-refractivity contribution < 1.29 is 4.39 Å². The molecule has 15 heavy (non-hydrogen) atoms. The molecule has 80 valence electrons. The fourth-order valence-corrected chi connectivity index (χ4v) is 1.82. The van der Waals surface area contributed by atoms with Gasteiger partial charge in [-0.1, -0.05) is 28.9 Å². The van der Waals surface area contributed by atoms with Crippen molar-refractivity contribution in [2.24, 2.45) is 5.41 Å². The second-order valence-electron chi connectivity index (χ2n) is 3.94. The van der Waals surface area contributed by atoms with E-state index in [4.69, 9.17) is 5.26 Å². The topological polar surface area (TPSA) is 23.8 Å². The summed E-state index contributed by atoms with van der Waals surface area (Å²) < 4.78 is 13.6. The third-order valence-electron chi connectivity index (χ3n) is 2.65. The summed E-state index contributed by atoms with van der Waals surface area (Å²) in [6, 6.07) is 6.89. The molecule has 0 aromatic heterocycles. The van der Waals surface area contributed by atoms with Crippen molar-refractivity contribution in [2.75, 3.05) is 0 Å². The number of nitrogens with zero attached hydrogens (tertiary/aromatic N) is 1. The maximum atomic E-state index is 12.8. The second-order valence-corrected chi connectivity index (χ2v) is 4.79. The number of hydrogen-bond donors (Lipinski definition) is 0. The highest BCUT2D eigenvalue weighted by Crippen LogP contribution is 2.29. The third-order valence-corrected chi connectivity index (χ3v) is 3.38. The van der Waals surface area contributed by atoms with E-state index in [2.05, 4.69) is 22.0 Å². The summed E-state index contributed by atoms with van der Waals surface area (Å²) in [5.41, 5.74) is 0.600. The first-order chi connectivity index (χ1) is 7.00. The minimum Gasteiger partial charge on any atom is -0.207 e. The van der Waals surface area contributed by atoms with Gasteiger partial charge in [-0.25, -0.2) is 4.39 Å². The van der Waals surface area contributed by atoms with Crippen LogP contribution < -0.4 is 0 Å². The predicted molar refractivity (Wildman–Crippen MR) is 61.8 cm³/mol. The van der Waals surface area contributed by atoms with Crippen LogP contribution in [0.5, 0.6) is 0 Å². The summed E-state index contributed by atoms with van der Waals surface area (Å²) in [5.74, 6) is -0.263. The first-order valence-electron chi connectivity index (χ1n) is 4.86. The van der Waals surface area contributed by atoms with E-state index in [1.165, 1.54) is 12.1 Å². The number of nitriles is 1. The standard InChI is InChI=1S/C12H13BrFN/c1-3-12(2,8-15)7-9-4-5-10(14)6-11(9)13/h4-6H,3,7H2,1-2H3. The molecular formula is C12H13BrFN. The van der Waals surface area contributed by atoms with Gasteiger partial charge in [-0.05, 0) is 37.5 Å². The highest BCUT2D eigenvalue weighted by molar-refractivity contribution is 9.10. The molecule has 0 radical (unpaired) electrons. The van der Waals surface area contributed by atoms with Crippen LogP contribution in [0.4, 0.5) is 4.39 Å². The van der Waals surface area contributed by atoms with E-state index < -0.39 is 0 Å². The van der Waals surface area contributed by atoms with Gasteiger partial charge < -0.3 is 0 Å². The molecule has 1 rings (SSSR count). The van der Waals surface area contributed by atoms with Crippen LogP contribution in [0.3, 0.4) is 0 Å².